The van der Waals surface area contributed by atoms with E-state index in [1.54, 1.807) is 30.5 Å². The molecular formula is C18H21N3O3S. The predicted molar refractivity (Wildman–Crippen MR) is 94.3 cm³/mol. The Morgan fingerprint density at radius 3 is 2.56 bits per heavy atom. The fraction of sp³-hybridized carbons (Fsp3) is 0.444. The second kappa shape index (κ2) is 6.38. The van der Waals surface area contributed by atoms with Gasteiger partial charge in [-0.05, 0) is 56.1 Å². The highest BCUT2D eigenvalue weighted by atomic mass is 32.2. The third-order valence-electron chi connectivity index (χ3n) is 4.95. The van der Waals surface area contributed by atoms with E-state index in [1.165, 1.54) is 6.26 Å². The minimum Gasteiger partial charge on any atom is -0.486 e. The lowest BCUT2D eigenvalue weighted by molar-refractivity contribution is 0.133. The van der Waals surface area contributed by atoms with Crippen molar-refractivity contribution >= 4 is 9.84 Å². The first-order valence-corrected chi connectivity index (χ1v) is 10.4. The van der Waals surface area contributed by atoms with E-state index >= 15 is 0 Å². The van der Waals surface area contributed by atoms with E-state index in [0.29, 0.717) is 16.6 Å². The maximum absolute atomic E-state index is 11.6. The van der Waals surface area contributed by atoms with Crippen molar-refractivity contribution in [3.63, 3.8) is 0 Å². The van der Waals surface area contributed by atoms with Crippen LogP contribution in [0.5, 0.6) is 5.75 Å². The van der Waals surface area contributed by atoms with Gasteiger partial charge in [-0.3, -0.25) is 0 Å². The molecule has 4 rings (SSSR count). The highest BCUT2D eigenvalue weighted by molar-refractivity contribution is 7.90. The first-order valence-electron chi connectivity index (χ1n) is 8.54. The van der Waals surface area contributed by atoms with Gasteiger partial charge in [0, 0.05) is 18.2 Å². The summed E-state index contributed by atoms with van der Waals surface area (Å²) in [5.74, 6) is 1.95. The van der Waals surface area contributed by atoms with Crippen LogP contribution in [0.1, 0.15) is 18.5 Å². The molecular weight excluding hydrogens is 338 g/mol. The quantitative estimate of drug-likeness (QED) is 0.901. The number of nitrogens with one attached hydrogen (secondary N) is 1. The van der Waals surface area contributed by atoms with Crippen molar-refractivity contribution < 1.29 is 13.2 Å². The first-order chi connectivity index (χ1) is 12.0. The molecule has 1 aromatic heterocycles. The Bertz CT molecular complexity index is 875. The monoisotopic (exact) mass is 359 g/mol. The molecule has 2 aliphatic rings. The fourth-order valence-corrected chi connectivity index (χ4v) is 4.15. The highest BCUT2D eigenvalue weighted by Gasteiger charge is 2.32. The smallest absolute Gasteiger partial charge is 0.175 e. The van der Waals surface area contributed by atoms with Gasteiger partial charge in [0.15, 0.2) is 21.4 Å². The number of hydrogen-bond acceptors (Lipinski definition) is 6. The number of benzene rings is 1. The molecule has 0 bridgehead atoms. The van der Waals surface area contributed by atoms with Crippen LogP contribution >= 0.6 is 0 Å². The molecule has 6 nitrogen and oxygen atoms in total. The van der Waals surface area contributed by atoms with Gasteiger partial charge in [-0.15, -0.1) is 0 Å². The first kappa shape index (κ1) is 16.5. The van der Waals surface area contributed by atoms with Crippen LogP contribution in [-0.4, -0.2) is 43.8 Å². The molecule has 1 fully saturated rings. The van der Waals surface area contributed by atoms with Crippen LogP contribution in [0.2, 0.25) is 0 Å². The van der Waals surface area contributed by atoms with Crippen LogP contribution in [-0.2, 0) is 16.3 Å². The van der Waals surface area contributed by atoms with Crippen LogP contribution in [0.15, 0.2) is 35.4 Å². The number of sulfone groups is 1. The van der Waals surface area contributed by atoms with Crippen molar-refractivity contribution in [2.24, 2.45) is 5.92 Å². The molecule has 1 N–H and O–H groups in total. The van der Waals surface area contributed by atoms with Crippen molar-refractivity contribution in [2.75, 3.05) is 19.3 Å². The summed E-state index contributed by atoms with van der Waals surface area (Å²) in [6.45, 7) is 2.09. The van der Waals surface area contributed by atoms with E-state index in [9.17, 15) is 8.42 Å². The molecule has 0 saturated carbocycles. The lowest BCUT2D eigenvalue weighted by Crippen LogP contribution is -2.36. The van der Waals surface area contributed by atoms with Gasteiger partial charge in [0.2, 0.25) is 0 Å². The van der Waals surface area contributed by atoms with Gasteiger partial charge in [0.25, 0.3) is 0 Å². The molecule has 0 radical (unpaired) electrons. The van der Waals surface area contributed by atoms with Gasteiger partial charge in [0.1, 0.15) is 6.10 Å². The van der Waals surface area contributed by atoms with Gasteiger partial charge in [-0.1, -0.05) is 0 Å². The minimum absolute atomic E-state index is 0.189. The van der Waals surface area contributed by atoms with Crippen LogP contribution in [0.3, 0.4) is 0 Å². The van der Waals surface area contributed by atoms with Gasteiger partial charge < -0.3 is 10.1 Å². The summed E-state index contributed by atoms with van der Waals surface area (Å²) in [4.78, 5) is 9.35. The van der Waals surface area contributed by atoms with E-state index in [4.69, 9.17) is 4.74 Å². The SMILES string of the molecule is CS(=O)(=O)c1ccc(-c2ncc3c(n2)C[C@@H](C2CCNCC2)O3)cc1. The van der Waals surface area contributed by atoms with E-state index < -0.39 is 9.84 Å². The zero-order chi connectivity index (χ0) is 17.4. The summed E-state index contributed by atoms with van der Waals surface area (Å²) in [5, 5.41) is 3.38. The molecule has 3 heterocycles. The Labute approximate surface area is 147 Å². The standard InChI is InChI=1S/C18H21N3O3S/c1-25(22,23)14-4-2-13(3-5-14)18-20-11-17-15(21-18)10-16(24-17)12-6-8-19-9-7-12/h2-5,11-12,16,19H,6-10H2,1H3/t16-/m0/s1. The number of hydrogen-bond donors (Lipinski definition) is 1. The van der Waals surface area contributed by atoms with E-state index in [0.717, 1.165) is 49.4 Å². The number of aromatic nitrogens is 2. The van der Waals surface area contributed by atoms with Crippen molar-refractivity contribution in [3.05, 3.63) is 36.2 Å². The summed E-state index contributed by atoms with van der Waals surface area (Å²) in [6.07, 6.45) is 6.21. The van der Waals surface area contributed by atoms with Crippen LogP contribution in [0.25, 0.3) is 11.4 Å². The van der Waals surface area contributed by atoms with Crippen molar-refractivity contribution in [2.45, 2.75) is 30.3 Å². The molecule has 25 heavy (non-hydrogen) atoms. The topological polar surface area (TPSA) is 81.2 Å². The molecule has 0 amide bonds. The number of nitrogens with zero attached hydrogens (tertiary/aromatic N) is 2. The van der Waals surface area contributed by atoms with Gasteiger partial charge in [-0.2, -0.15) is 0 Å². The number of fused-ring (bicyclic) bond motifs is 1. The van der Waals surface area contributed by atoms with Crippen molar-refractivity contribution in [3.8, 4) is 17.1 Å². The molecule has 132 valence electrons. The maximum Gasteiger partial charge on any atom is 0.175 e. The summed E-state index contributed by atoms with van der Waals surface area (Å²) >= 11 is 0. The normalized spacial score (nSPS) is 20.9. The third-order valence-corrected chi connectivity index (χ3v) is 6.08. The molecule has 0 unspecified atom stereocenters. The second-order valence-electron chi connectivity index (χ2n) is 6.75. The van der Waals surface area contributed by atoms with Crippen LogP contribution < -0.4 is 10.1 Å². The summed E-state index contributed by atoms with van der Waals surface area (Å²) in [7, 11) is -3.20. The highest BCUT2D eigenvalue weighted by Crippen LogP contribution is 2.34. The Kier molecular flexibility index (Phi) is 4.21. The third kappa shape index (κ3) is 3.39. The Morgan fingerprint density at radius 1 is 1.16 bits per heavy atom. The zero-order valence-electron chi connectivity index (χ0n) is 14.1. The second-order valence-corrected chi connectivity index (χ2v) is 8.76. The molecule has 1 aromatic carbocycles. The van der Waals surface area contributed by atoms with Crippen LogP contribution in [0, 0.1) is 5.92 Å². The molecule has 7 heteroatoms. The van der Waals surface area contributed by atoms with Gasteiger partial charge in [0.05, 0.1) is 16.8 Å². The summed E-state index contributed by atoms with van der Waals surface area (Å²) in [6, 6.07) is 6.68. The number of piperidine rings is 1. The maximum atomic E-state index is 11.6. The number of ether oxygens (including phenoxy) is 1. The average Bonchev–Trinajstić information content (AvgIpc) is 3.05. The zero-order valence-corrected chi connectivity index (χ0v) is 14.9. The van der Waals surface area contributed by atoms with Gasteiger partial charge >= 0.3 is 0 Å². The lowest BCUT2D eigenvalue weighted by Gasteiger charge is -2.27. The van der Waals surface area contributed by atoms with Crippen LogP contribution in [0.4, 0.5) is 0 Å². The van der Waals surface area contributed by atoms with Gasteiger partial charge in [-0.25, -0.2) is 18.4 Å². The molecule has 1 saturated heterocycles. The van der Waals surface area contributed by atoms with Crippen molar-refractivity contribution in [1.29, 1.82) is 0 Å². The Morgan fingerprint density at radius 2 is 1.88 bits per heavy atom. The summed E-state index contributed by atoms with van der Waals surface area (Å²) < 4.78 is 29.2. The lowest BCUT2D eigenvalue weighted by atomic mass is 9.90. The average molecular weight is 359 g/mol. The molecule has 0 aliphatic carbocycles. The number of rotatable bonds is 3. The Hall–Kier alpha value is -1.99. The minimum atomic E-state index is -3.20. The largest absolute Gasteiger partial charge is 0.486 e. The van der Waals surface area contributed by atoms with E-state index in [-0.39, 0.29) is 6.10 Å². The van der Waals surface area contributed by atoms with E-state index in [2.05, 4.69) is 15.3 Å². The van der Waals surface area contributed by atoms with Crippen molar-refractivity contribution in [1.82, 2.24) is 15.3 Å². The Balaban J connectivity index is 1.55. The molecule has 2 aromatic rings. The summed E-state index contributed by atoms with van der Waals surface area (Å²) in [5.41, 5.74) is 1.75. The molecule has 1 atom stereocenters. The molecule has 0 spiro atoms. The predicted octanol–water partition coefficient (Wildman–Crippen LogP) is 1.85. The fourth-order valence-electron chi connectivity index (χ4n) is 3.52. The van der Waals surface area contributed by atoms with E-state index in [1.807, 2.05) is 0 Å². The molecule has 2 aliphatic heterocycles.